The third-order valence-electron chi connectivity index (χ3n) is 4.86. The van der Waals surface area contributed by atoms with Crippen LogP contribution in [0.3, 0.4) is 0 Å². The first-order chi connectivity index (χ1) is 14.2. The molecule has 1 saturated heterocycles. The normalized spacial score (nSPS) is 30.0. The molecule has 0 radical (unpaired) electrons. The van der Waals surface area contributed by atoms with Crippen LogP contribution in [0.25, 0.3) is 11.2 Å². The van der Waals surface area contributed by atoms with Crippen molar-refractivity contribution in [3.8, 4) is 0 Å². The van der Waals surface area contributed by atoms with Gasteiger partial charge in [-0.05, 0) is 12.8 Å². The van der Waals surface area contributed by atoms with Crippen LogP contribution in [0, 0.1) is 18.8 Å². The number of hydrogen-bond acceptors (Lipinski definition) is 10. The molecule has 3 rings (SSSR count). The highest BCUT2D eigenvalue weighted by molar-refractivity contribution is 7.68. The summed E-state index contributed by atoms with van der Waals surface area (Å²) in [4.78, 5) is 40.7. The van der Waals surface area contributed by atoms with Crippen molar-refractivity contribution in [2.75, 3.05) is 13.3 Å². The van der Waals surface area contributed by atoms with E-state index in [1.165, 1.54) is 6.33 Å². The van der Waals surface area contributed by atoms with Gasteiger partial charge < -0.3 is 19.4 Å². The first kappa shape index (κ1) is 24.6. The molecule has 2 aromatic heterocycles. The van der Waals surface area contributed by atoms with Gasteiger partial charge in [0.2, 0.25) is 0 Å². The molecule has 0 aliphatic carbocycles. The molecule has 17 heteroatoms. The topological polar surface area (TPSA) is 192 Å². The molecule has 3 N–H and O–H groups in total. The zero-order chi connectivity index (χ0) is 23.2. The molecule has 0 aromatic carbocycles. The molecular formula is C14H23N4O10P3. The van der Waals surface area contributed by atoms with Gasteiger partial charge in [-0.3, -0.25) is 13.7 Å². The van der Waals surface area contributed by atoms with Gasteiger partial charge in [-0.25, -0.2) is 28.4 Å². The van der Waals surface area contributed by atoms with E-state index in [-0.39, 0.29) is 11.8 Å². The summed E-state index contributed by atoms with van der Waals surface area (Å²) < 4.78 is 55.2. The zero-order valence-electron chi connectivity index (χ0n) is 17.0. The fraction of sp³-hybridized carbons (Fsp3) is 0.643. The van der Waals surface area contributed by atoms with Crippen LogP contribution < -0.4 is 0 Å². The predicted molar refractivity (Wildman–Crippen MR) is 106 cm³/mol. The van der Waals surface area contributed by atoms with Crippen LogP contribution in [0.4, 0.5) is 0 Å². The standard InChI is InChI=1S/C14H23N4O10P3/c1-8-9(2)14(18-7-17-12-10(3)15-6-16-13(12)18)26-11(8)5-25-30(21,22)28-31(23,24)27-29(4,19)20/h6-9,11,14H,5H2,1-4H3,(H,19,20)(H,21,22)(H,23,24)/t8-,9+,11+,14+/m0/s1. The summed E-state index contributed by atoms with van der Waals surface area (Å²) in [5.74, 6) is -0.233. The molecule has 31 heavy (non-hydrogen) atoms. The van der Waals surface area contributed by atoms with E-state index in [2.05, 4.69) is 23.6 Å². The van der Waals surface area contributed by atoms with Gasteiger partial charge >= 0.3 is 23.2 Å². The Bertz CT molecular complexity index is 1100. The maximum absolute atomic E-state index is 12.0. The zero-order valence-corrected chi connectivity index (χ0v) is 19.7. The quantitative estimate of drug-likeness (QED) is 0.448. The summed E-state index contributed by atoms with van der Waals surface area (Å²) >= 11 is 0. The van der Waals surface area contributed by atoms with Gasteiger partial charge in [0.25, 0.3) is 0 Å². The van der Waals surface area contributed by atoms with Crippen LogP contribution in [0.15, 0.2) is 12.7 Å². The second-order valence-electron chi connectivity index (χ2n) is 7.27. The Kier molecular flexibility index (Phi) is 6.92. The molecular weight excluding hydrogens is 477 g/mol. The fourth-order valence-corrected chi connectivity index (χ4v) is 6.70. The SMILES string of the molecule is Cc1ncnc2c1ncn2[C@@H]1O[C@H](COP(=O)(O)OP(=O)(O)OP(C)(=O)O)[C@@H](C)[C@H]1C. The van der Waals surface area contributed by atoms with E-state index in [1.807, 2.05) is 13.8 Å². The van der Waals surface area contributed by atoms with Crippen LogP contribution in [0.2, 0.25) is 0 Å². The van der Waals surface area contributed by atoms with E-state index in [9.17, 15) is 23.5 Å². The first-order valence-electron chi connectivity index (χ1n) is 9.02. The average Bonchev–Trinajstić information content (AvgIpc) is 3.13. The highest BCUT2D eigenvalue weighted by atomic mass is 31.3. The lowest BCUT2D eigenvalue weighted by atomic mass is 9.93. The van der Waals surface area contributed by atoms with Gasteiger partial charge in [-0.15, -0.1) is 0 Å². The number of hydrogen-bond donors (Lipinski definition) is 3. The fourth-order valence-electron chi connectivity index (χ4n) is 3.22. The lowest BCUT2D eigenvalue weighted by molar-refractivity contribution is -0.0331. The highest BCUT2D eigenvalue weighted by Crippen LogP contribution is 2.66. The monoisotopic (exact) mass is 500 g/mol. The van der Waals surface area contributed by atoms with Gasteiger partial charge in [0, 0.05) is 12.6 Å². The summed E-state index contributed by atoms with van der Waals surface area (Å²) in [5.41, 5.74) is 1.89. The number of imidazole rings is 1. The Morgan fingerprint density at radius 1 is 1.06 bits per heavy atom. The van der Waals surface area contributed by atoms with Crippen LogP contribution in [0.5, 0.6) is 0 Å². The van der Waals surface area contributed by atoms with Crippen molar-refractivity contribution in [3.63, 3.8) is 0 Å². The summed E-state index contributed by atoms with van der Waals surface area (Å²) in [6.07, 6.45) is 1.80. The summed E-state index contributed by atoms with van der Waals surface area (Å²) in [6, 6.07) is 0. The first-order valence-corrected chi connectivity index (χ1v) is 14.0. The Morgan fingerprint density at radius 2 is 1.74 bits per heavy atom. The largest absolute Gasteiger partial charge is 0.488 e. The van der Waals surface area contributed by atoms with Crippen molar-refractivity contribution in [1.82, 2.24) is 19.5 Å². The molecule has 174 valence electrons. The molecule has 0 bridgehead atoms. The Hall–Kier alpha value is -1.04. The highest BCUT2D eigenvalue weighted by Gasteiger charge is 2.44. The summed E-state index contributed by atoms with van der Waals surface area (Å²) in [6.45, 7) is 5.72. The van der Waals surface area contributed by atoms with E-state index in [0.717, 1.165) is 0 Å². The summed E-state index contributed by atoms with van der Waals surface area (Å²) in [5, 5.41) is 0. The molecule has 0 saturated carbocycles. The number of rotatable bonds is 8. The van der Waals surface area contributed by atoms with E-state index in [0.29, 0.717) is 23.5 Å². The number of nitrogens with zero attached hydrogens (tertiary/aromatic N) is 4. The van der Waals surface area contributed by atoms with Crippen molar-refractivity contribution in [3.05, 3.63) is 18.3 Å². The van der Waals surface area contributed by atoms with Gasteiger partial charge in [0.1, 0.15) is 18.1 Å². The van der Waals surface area contributed by atoms with E-state index in [1.54, 1.807) is 17.8 Å². The van der Waals surface area contributed by atoms with Crippen LogP contribution in [-0.2, 0) is 31.6 Å². The van der Waals surface area contributed by atoms with Crippen LogP contribution in [0.1, 0.15) is 25.8 Å². The molecule has 1 aliphatic rings. The number of aryl methyl sites for hydroxylation is 1. The van der Waals surface area contributed by atoms with E-state index < -0.39 is 42.2 Å². The lowest BCUT2D eigenvalue weighted by Gasteiger charge is -2.20. The number of phosphoric ester groups is 1. The smallest absolute Gasteiger partial charge is 0.352 e. The van der Waals surface area contributed by atoms with Crippen molar-refractivity contribution < 1.29 is 46.3 Å². The average molecular weight is 500 g/mol. The van der Waals surface area contributed by atoms with Crippen molar-refractivity contribution >= 4 is 34.4 Å². The molecule has 1 aliphatic heterocycles. The minimum Gasteiger partial charge on any atom is -0.352 e. The summed E-state index contributed by atoms with van der Waals surface area (Å²) in [7, 11) is -14.9. The molecule has 1 fully saturated rings. The van der Waals surface area contributed by atoms with Crippen molar-refractivity contribution in [2.45, 2.75) is 33.1 Å². The molecule has 3 unspecified atom stereocenters. The van der Waals surface area contributed by atoms with E-state index in [4.69, 9.17) is 14.2 Å². The maximum Gasteiger partial charge on any atom is 0.488 e. The molecule has 0 spiro atoms. The van der Waals surface area contributed by atoms with Gasteiger partial charge in [0.15, 0.2) is 5.65 Å². The maximum atomic E-state index is 12.0. The second kappa shape index (κ2) is 8.72. The molecule has 3 heterocycles. The minimum atomic E-state index is -5.33. The Balaban J connectivity index is 1.69. The van der Waals surface area contributed by atoms with Gasteiger partial charge in [-0.2, -0.15) is 4.31 Å². The third kappa shape index (κ3) is 5.85. The molecule has 2 aromatic rings. The number of ether oxygens (including phenoxy) is 1. The van der Waals surface area contributed by atoms with Gasteiger partial charge in [0.05, 0.1) is 24.7 Å². The second-order valence-corrected chi connectivity index (χ2v) is 12.3. The third-order valence-corrected chi connectivity index (χ3v) is 9.02. The Morgan fingerprint density at radius 3 is 2.39 bits per heavy atom. The van der Waals surface area contributed by atoms with Crippen LogP contribution in [-0.4, -0.2) is 53.6 Å². The number of fused-ring (bicyclic) bond motifs is 1. The molecule has 14 nitrogen and oxygen atoms in total. The van der Waals surface area contributed by atoms with Crippen LogP contribution >= 0.6 is 23.2 Å². The molecule has 7 atom stereocenters. The van der Waals surface area contributed by atoms with Crippen molar-refractivity contribution in [2.24, 2.45) is 11.8 Å². The van der Waals surface area contributed by atoms with E-state index >= 15 is 0 Å². The number of aromatic nitrogens is 4. The Labute approximate surface area is 177 Å². The molecule has 0 amide bonds. The predicted octanol–water partition coefficient (Wildman–Crippen LogP) is 2.37. The van der Waals surface area contributed by atoms with Gasteiger partial charge in [-0.1, -0.05) is 13.8 Å². The minimum absolute atomic E-state index is 0.0760. The lowest BCUT2D eigenvalue weighted by Crippen LogP contribution is -2.21. The van der Waals surface area contributed by atoms with Crippen molar-refractivity contribution in [1.29, 1.82) is 0 Å². The number of phosphoric acid groups is 2.